The largest absolute Gasteiger partial charge is 0.508 e. The van der Waals surface area contributed by atoms with Crippen LogP contribution in [0.1, 0.15) is 25.0 Å². The van der Waals surface area contributed by atoms with Crippen molar-refractivity contribution in [3.63, 3.8) is 0 Å². The number of oxime groups is 1. The van der Waals surface area contributed by atoms with Crippen LogP contribution in [0.4, 0.5) is 0 Å². The summed E-state index contributed by atoms with van der Waals surface area (Å²) >= 11 is 0. The molecule has 1 N–H and O–H groups in total. The molecule has 0 saturated heterocycles. The van der Waals surface area contributed by atoms with Crippen LogP contribution in [0.15, 0.2) is 23.4 Å². The molecule has 1 aromatic carbocycles. The van der Waals surface area contributed by atoms with Crippen molar-refractivity contribution < 1.29 is 9.94 Å². The highest BCUT2D eigenvalue weighted by atomic mass is 16.6. The minimum atomic E-state index is 0.286. The number of aromatic hydroxyl groups is 1. The summed E-state index contributed by atoms with van der Waals surface area (Å²) in [6, 6.07) is 5.44. The third-order valence-electron chi connectivity index (χ3n) is 2.23. The predicted molar refractivity (Wildman–Crippen MR) is 61.2 cm³/mol. The molecule has 0 amide bonds. The monoisotopic (exact) mass is 207 g/mol. The molecule has 0 aliphatic carbocycles. The number of benzene rings is 1. The summed E-state index contributed by atoms with van der Waals surface area (Å²) in [5.41, 5.74) is 2.72. The molecule has 0 unspecified atom stereocenters. The van der Waals surface area contributed by atoms with Gasteiger partial charge in [-0.3, -0.25) is 0 Å². The van der Waals surface area contributed by atoms with Crippen molar-refractivity contribution in [1.82, 2.24) is 0 Å². The standard InChI is InChI=1S/C12H17NO2/c1-8(2)12(13-15-4)10-5-6-11(14)9(3)7-10/h5-8,14H,1-4H3. The van der Waals surface area contributed by atoms with E-state index in [4.69, 9.17) is 4.84 Å². The normalized spacial score (nSPS) is 11.9. The van der Waals surface area contributed by atoms with Crippen molar-refractivity contribution in [1.29, 1.82) is 0 Å². The smallest absolute Gasteiger partial charge is 0.118 e. The molecule has 0 saturated carbocycles. The van der Waals surface area contributed by atoms with Gasteiger partial charge in [-0.05, 0) is 36.6 Å². The fourth-order valence-corrected chi connectivity index (χ4v) is 1.40. The van der Waals surface area contributed by atoms with Crippen LogP contribution in [0.5, 0.6) is 5.75 Å². The first-order valence-corrected chi connectivity index (χ1v) is 4.97. The van der Waals surface area contributed by atoms with E-state index < -0.39 is 0 Å². The van der Waals surface area contributed by atoms with Gasteiger partial charge < -0.3 is 9.94 Å². The highest BCUT2D eigenvalue weighted by Gasteiger charge is 2.10. The van der Waals surface area contributed by atoms with Gasteiger partial charge in [-0.1, -0.05) is 19.0 Å². The van der Waals surface area contributed by atoms with E-state index in [2.05, 4.69) is 19.0 Å². The highest BCUT2D eigenvalue weighted by molar-refractivity contribution is 6.01. The lowest BCUT2D eigenvalue weighted by Gasteiger charge is -2.10. The molecule has 3 nitrogen and oxygen atoms in total. The van der Waals surface area contributed by atoms with E-state index in [1.54, 1.807) is 6.07 Å². The van der Waals surface area contributed by atoms with Crippen molar-refractivity contribution in [3.05, 3.63) is 29.3 Å². The molecule has 0 fully saturated rings. The van der Waals surface area contributed by atoms with E-state index in [0.717, 1.165) is 16.8 Å². The second kappa shape index (κ2) is 4.82. The molecule has 3 heteroatoms. The Hall–Kier alpha value is -1.51. The van der Waals surface area contributed by atoms with Crippen molar-refractivity contribution in [2.75, 3.05) is 7.11 Å². The highest BCUT2D eigenvalue weighted by Crippen LogP contribution is 2.19. The SMILES string of the molecule is CON=C(c1ccc(O)c(C)c1)C(C)C. The van der Waals surface area contributed by atoms with Crippen LogP contribution in [0.3, 0.4) is 0 Å². The van der Waals surface area contributed by atoms with Crippen molar-refractivity contribution in [2.24, 2.45) is 11.1 Å². The molecule has 0 aliphatic heterocycles. The number of hydrogen-bond acceptors (Lipinski definition) is 3. The molecule has 1 rings (SSSR count). The Labute approximate surface area is 90.4 Å². The molecule has 15 heavy (non-hydrogen) atoms. The maximum Gasteiger partial charge on any atom is 0.118 e. The first kappa shape index (κ1) is 11.6. The van der Waals surface area contributed by atoms with E-state index in [1.165, 1.54) is 7.11 Å². The summed E-state index contributed by atoms with van der Waals surface area (Å²) in [6.45, 7) is 5.98. The van der Waals surface area contributed by atoms with E-state index in [-0.39, 0.29) is 5.92 Å². The molecular formula is C12H17NO2. The van der Waals surface area contributed by atoms with Gasteiger partial charge in [-0.2, -0.15) is 0 Å². The summed E-state index contributed by atoms with van der Waals surface area (Å²) in [7, 11) is 1.54. The summed E-state index contributed by atoms with van der Waals surface area (Å²) in [5.74, 6) is 0.591. The molecule has 82 valence electrons. The van der Waals surface area contributed by atoms with Crippen LogP contribution in [0.25, 0.3) is 0 Å². The molecule has 0 aliphatic rings. The summed E-state index contributed by atoms with van der Waals surface area (Å²) < 4.78 is 0. The van der Waals surface area contributed by atoms with Crippen LogP contribution in [-0.2, 0) is 4.84 Å². The number of hydrogen-bond donors (Lipinski definition) is 1. The van der Waals surface area contributed by atoms with Crippen LogP contribution in [-0.4, -0.2) is 17.9 Å². The average molecular weight is 207 g/mol. The molecule has 0 aromatic heterocycles. The number of aryl methyl sites for hydroxylation is 1. The molecule has 0 atom stereocenters. The Bertz CT molecular complexity index is 370. The number of phenolic OH excluding ortho intramolecular Hbond substituents is 1. The van der Waals surface area contributed by atoms with Gasteiger partial charge in [0.1, 0.15) is 12.9 Å². The Morgan fingerprint density at radius 1 is 1.40 bits per heavy atom. The minimum Gasteiger partial charge on any atom is -0.508 e. The zero-order valence-electron chi connectivity index (χ0n) is 9.61. The predicted octanol–water partition coefficient (Wildman–Crippen LogP) is 2.71. The Morgan fingerprint density at radius 2 is 2.07 bits per heavy atom. The van der Waals surface area contributed by atoms with E-state index in [1.807, 2.05) is 19.1 Å². The summed E-state index contributed by atoms with van der Waals surface area (Å²) in [5, 5.41) is 13.4. The lowest BCUT2D eigenvalue weighted by molar-refractivity contribution is 0.212. The zero-order chi connectivity index (χ0) is 11.4. The second-order valence-electron chi connectivity index (χ2n) is 3.82. The average Bonchev–Trinajstić information content (AvgIpc) is 2.18. The maximum absolute atomic E-state index is 9.42. The topological polar surface area (TPSA) is 41.8 Å². The van der Waals surface area contributed by atoms with Gasteiger partial charge in [-0.25, -0.2) is 0 Å². The Morgan fingerprint density at radius 3 is 2.53 bits per heavy atom. The first-order valence-electron chi connectivity index (χ1n) is 4.97. The zero-order valence-corrected chi connectivity index (χ0v) is 9.61. The van der Waals surface area contributed by atoms with E-state index in [0.29, 0.717) is 5.75 Å². The minimum absolute atomic E-state index is 0.286. The first-order chi connectivity index (χ1) is 7.06. The molecule has 0 spiro atoms. The van der Waals surface area contributed by atoms with Crippen molar-refractivity contribution in [2.45, 2.75) is 20.8 Å². The molecule has 0 heterocycles. The van der Waals surface area contributed by atoms with Gasteiger partial charge in [0.25, 0.3) is 0 Å². The summed E-state index contributed by atoms with van der Waals surface area (Å²) in [6.07, 6.45) is 0. The van der Waals surface area contributed by atoms with Crippen molar-refractivity contribution in [3.8, 4) is 5.75 Å². The molecule has 0 radical (unpaired) electrons. The number of nitrogens with zero attached hydrogens (tertiary/aromatic N) is 1. The van der Waals surface area contributed by atoms with Gasteiger partial charge in [-0.15, -0.1) is 0 Å². The third kappa shape index (κ3) is 2.72. The number of phenols is 1. The molecular weight excluding hydrogens is 190 g/mol. The number of rotatable bonds is 3. The van der Waals surface area contributed by atoms with E-state index >= 15 is 0 Å². The van der Waals surface area contributed by atoms with E-state index in [9.17, 15) is 5.11 Å². The van der Waals surface area contributed by atoms with Gasteiger partial charge in [0.15, 0.2) is 0 Å². The fraction of sp³-hybridized carbons (Fsp3) is 0.417. The van der Waals surface area contributed by atoms with Gasteiger partial charge in [0.05, 0.1) is 5.71 Å². The lowest BCUT2D eigenvalue weighted by Crippen LogP contribution is -2.10. The van der Waals surface area contributed by atoms with Crippen LogP contribution in [0.2, 0.25) is 0 Å². The van der Waals surface area contributed by atoms with Crippen LogP contribution < -0.4 is 0 Å². The quantitative estimate of drug-likeness (QED) is 0.611. The summed E-state index contributed by atoms with van der Waals surface area (Å²) in [4.78, 5) is 4.82. The Kier molecular flexibility index (Phi) is 3.72. The maximum atomic E-state index is 9.42. The Balaban J connectivity index is 3.13. The van der Waals surface area contributed by atoms with Gasteiger partial charge >= 0.3 is 0 Å². The second-order valence-corrected chi connectivity index (χ2v) is 3.82. The van der Waals surface area contributed by atoms with Gasteiger partial charge in [0, 0.05) is 5.56 Å². The fourth-order valence-electron chi connectivity index (χ4n) is 1.40. The lowest BCUT2D eigenvalue weighted by atomic mass is 9.98. The molecule has 0 bridgehead atoms. The van der Waals surface area contributed by atoms with Crippen molar-refractivity contribution >= 4 is 5.71 Å². The molecule has 1 aromatic rings. The van der Waals surface area contributed by atoms with Crippen LogP contribution >= 0.6 is 0 Å². The third-order valence-corrected chi connectivity index (χ3v) is 2.23. The van der Waals surface area contributed by atoms with Crippen LogP contribution in [0, 0.1) is 12.8 Å². The van der Waals surface area contributed by atoms with Gasteiger partial charge in [0.2, 0.25) is 0 Å².